The number of nitrogens with zero attached hydrogens (tertiary/aromatic N) is 2. The topological polar surface area (TPSA) is 51.0 Å². The van der Waals surface area contributed by atoms with Gasteiger partial charge in [0.25, 0.3) is 0 Å². The fourth-order valence-electron chi connectivity index (χ4n) is 2.44. The first-order valence-corrected chi connectivity index (χ1v) is 8.39. The average Bonchev–Trinajstić information content (AvgIpc) is 3.05. The Hall–Kier alpha value is -1.88. The second-order valence-electron chi connectivity index (χ2n) is 5.62. The number of aromatic nitrogens is 2. The van der Waals surface area contributed by atoms with E-state index in [1.807, 2.05) is 43.3 Å². The zero-order valence-corrected chi connectivity index (χ0v) is 14.8. The molecular formula is C18H17Cl2N3O. The molecule has 0 aliphatic heterocycles. The Bertz CT molecular complexity index is 817. The third-order valence-corrected chi connectivity index (χ3v) is 4.24. The van der Waals surface area contributed by atoms with E-state index < -0.39 is 0 Å². The molecule has 0 fully saturated rings. The molecule has 1 N–H and O–H groups in total. The monoisotopic (exact) mass is 361 g/mol. The van der Waals surface area contributed by atoms with E-state index in [1.54, 1.807) is 12.1 Å². The minimum atomic E-state index is -0.0869. The van der Waals surface area contributed by atoms with E-state index in [0.29, 0.717) is 16.8 Å². The fraction of sp³-hybridized carbons (Fsp3) is 0.222. The summed E-state index contributed by atoms with van der Waals surface area (Å²) in [6.45, 7) is 4.07. The first-order valence-electron chi connectivity index (χ1n) is 7.64. The molecule has 124 valence electrons. The van der Waals surface area contributed by atoms with Crippen molar-refractivity contribution in [2.24, 2.45) is 0 Å². The molecule has 0 radical (unpaired) electrons. The maximum atomic E-state index is 6.00. The maximum absolute atomic E-state index is 6.00. The molecular weight excluding hydrogens is 345 g/mol. The largest absolute Gasteiger partial charge is 0.419 e. The predicted octanol–water partition coefficient (Wildman–Crippen LogP) is 5.46. The first kappa shape index (κ1) is 17.0. The predicted molar refractivity (Wildman–Crippen MR) is 96.2 cm³/mol. The molecule has 3 rings (SSSR count). The van der Waals surface area contributed by atoms with Gasteiger partial charge in [0.1, 0.15) is 0 Å². The number of hydrogen-bond donors (Lipinski definition) is 1. The summed E-state index contributed by atoms with van der Waals surface area (Å²) in [6, 6.07) is 15.1. The van der Waals surface area contributed by atoms with Gasteiger partial charge in [-0.05, 0) is 49.7 Å². The van der Waals surface area contributed by atoms with Gasteiger partial charge in [-0.1, -0.05) is 41.4 Å². The van der Waals surface area contributed by atoms with Gasteiger partial charge in [0.2, 0.25) is 11.8 Å². The maximum Gasteiger partial charge on any atom is 0.247 e. The van der Waals surface area contributed by atoms with Crippen molar-refractivity contribution in [3.05, 3.63) is 70.0 Å². The van der Waals surface area contributed by atoms with Crippen LogP contribution in [-0.4, -0.2) is 10.2 Å². The molecule has 1 heterocycles. The second kappa shape index (κ2) is 7.34. The Morgan fingerprint density at radius 1 is 0.917 bits per heavy atom. The van der Waals surface area contributed by atoms with Crippen LogP contribution < -0.4 is 5.32 Å². The van der Waals surface area contributed by atoms with Crippen molar-refractivity contribution in [3.8, 4) is 11.5 Å². The minimum absolute atomic E-state index is 0.0869. The highest BCUT2D eigenvalue weighted by Crippen LogP contribution is 2.25. The Balaban J connectivity index is 1.71. The molecule has 1 aromatic heterocycles. The quantitative estimate of drug-likeness (QED) is 0.655. The SMILES string of the molecule is C[C@H](N[C@H](C)c1ccc(Cl)cc1)c1nnc(-c2cccc(Cl)c2)o1. The van der Waals surface area contributed by atoms with Crippen LogP contribution in [0.1, 0.15) is 37.4 Å². The lowest BCUT2D eigenvalue weighted by Gasteiger charge is -2.17. The summed E-state index contributed by atoms with van der Waals surface area (Å²) in [4.78, 5) is 0. The van der Waals surface area contributed by atoms with Gasteiger partial charge in [0.15, 0.2) is 0 Å². The molecule has 2 atom stereocenters. The van der Waals surface area contributed by atoms with Gasteiger partial charge >= 0.3 is 0 Å². The lowest BCUT2D eigenvalue weighted by atomic mass is 10.1. The van der Waals surface area contributed by atoms with Crippen LogP contribution in [0, 0.1) is 0 Å². The van der Waals surface area contributed by atoms with Crippen LogP contribution in [0.3, 0.4) is 0 Å². The Kier molecular flexibility index (Phi) is 5.19. The van der Waals surface area contributed by atoms with Crippen LogP contribution in [0.25, 0.3) is 11.5 Å². The molecule has 6 heteroatoms. The lowest BCUT2D eigenvalue weighted by Crippen LogP contribution is -2.22. The van der Waals surface area contributed by atoms with Crippen LogP contribution in [0.15, 0.2) is 52.9 Å². The Morgan fingerprint density at radius 2 is 1.67 bits per heavy atom. The molecule has 0 unspecified atom stereocenters. The van der Waals surface area contributed by atoms with Gasteiger partial charge in [-0.15, -0.1) is 10.2 Å². The first-order chi connectivity index (χ1) is 11.5. The molecule has 0 aliphatic rings. The summed E-state index contributed by atoms with van der Waals surface area (Å²) >= 11 is 11.9. The molecule has 4 nitrogen and oxygen atoms in total. The summed E-state index contributed by atoms with van der Waals surface area (Å²) in [5.74, 6) is 0.992. The molecule has 0 saturated carbocycles. The molecule has 0 aliphatic carbocycles. The lowest BCUT2D eigenvalue weighted by molar-refractivity contribution is 0.395. The number of hydrogen-bond acceptors (Lipinski definition) is 4. The van der Waals surface area contributed by atoms with Crippen LogP contribution in [0.4, 0.5) is 0 Å². The third-order valence-electron chi connectivity index (χ3n) is 3.75. The highest BCUT2D eigenvalue weighted by atomic mass is 35.5. The van der Waals surface area contributed by atoms with Crippen LogP contribution in [0.5, 0.6) is 0 Å². The van der Waals surface area contributed by atoms with E-state index in [4.69, 9.17) is 27.6 Å². The second-order valence-corrected chi connectivity index (χ2v) is 6.49. The van der Waals surface area contributed by atoms with Crippen molar-refractivity contribution in [2.45, 2.75) is 25.9 Å². The molecule has 2 aromatic carbocycles. The van der Waals surface area contributed by atoms with Crippen LogP contribution >= 0.6 is 23.2 Å². The Morgan fingerprint density at radius 3 is 2.38 bits per heavy atom. The van der Waals surface area contributed by atoms with E-state index in [0.717, 1.165) is 16.1 Å². The zero-order chi connectivity index (χ0) is 17.1. The summed E-state index contributed by atoms with van der Waals surface area (Å²) in [6.07, 6.45) is 0. The summed E-state index contributed by atoms with van der Waals surface area (Å²) in [7, 11) is 0. The van der Waals surface area contributed by atoms with Crippen molar-refractivity contribution in [3.63, 3.8) is 0 Å². The third kappa shape index (κ3) is 3.96. The molecule has 24 heavy (non-hydrogen) atoms. The van der Waals surface area contributed by atoms with Crippen molar-refractivity contribution in [1.82, 2.24) is 15.5 Å². The smallest absolute Gasteiger partial charge is 0.247 e. The van der Waals surface area contributed by atoms with Crippen molar-refractivity contribution in [1.29, 1.82) is 0 Å². The standard InChI is InChI=1S/C18H17Cl2N3O/c1-11(13-6-8-15(19)9-7-13)21-12(2)17-22-23-18(24-17)14-4-3-5-16(20)10-14/h3-12,21H,1-2H3/t11-,12+/m1/s1. The van der Waals surface area contributed by atoms with E-state index in [1.165, 1.54) is 0 Å². The zero-order valence-electron chi connectivity index (χ0n) is 13.3. The van der Waals surface area contributed by atoms with E-state index >= 15 is 0 Å². The number of rotatable bonds is 5. The number of benzene rings is 2. The van der Waals surface area contributed by atoms with Crippen LogP contribution in [-0.2, 0) is 0 Å². The van der Waals surface area contributed by atoms with Gasteiger partial charge in [0, 0.05) is 21.7 Å². The number of halogens is 2. The molecule has 0 bridgehead atoms. The average molecular weight is 362 g/mol. The highest BCUT2D eigenvalue weighted by molar-refractivity contribution is 6.31. The van der Waals surface area contributed by atoms with Gasteiger partial charge in [-0.3, -0.25) is 5.32 Å². The van der Waals surface area contributed by atoms with Crippen molar-refractivity contribution in [2.75, 3.05) is 0 Å². The molecule has 3 aromatic rings. The van der Waals surface area contributed by atoms with E-state index in [2.05, 4.69) is 22.4 Å². The Labute approximate surface area is 150 Å². The van der Waals surface area contributed by atoms with Crippen molar-refractivity contribution >= 4 is 23.2 Å². The van der Waals surface area contributed by atoms with Gasteiger partial charge < -0.3 is 4.42 Å². The van der Waals surface area contributed by atoms with Crippen LogP contribution in [0.2, 0.25) is 10.0 Å². The van der Waals surface area contributed by atoms with Crippen molar-refractivity contribution < 1.29 is 4.42 Å². The summed E-state index contributed by atoms with van der Waals surface area (Å²) in [5.41, 5.74) is 1.94. The molecule has 0 amide bonds. The molecule has 0 spiro atoms. The van der Waals surface area contributed by atoms with E-state index in [-0.39, 0.29) is 12.1 Å². The summed E-state index contributed by atoms with van der Waals surface area (Å²) < 4.78 is 5.78. The van der Waals surface area contributed by atoms with Gasteiger partial charge in [-0.25, -0.2) is 0 Å². The normalized spacial score (nSPS) is 13.7. The fourth-order valence-corrected chi connectivity index (χ4v) is 2.76. The minimum Gasteiger partial charge on any atom is -0.419 e. The highest BCUT2D eigenvalue weighted by Gasteiger charge is 2.17. The van der Waals surface area contributed by atoms with Gasteiger partial charge in [0.05, 0.1) is 6.04 Å². The van der Waals surface area contributed by atoms with E-state index in [9.17, 15) is 0 Å². The summed E-state index contributed by atoms with van der Waals surface area (Å²) in [5, 5.41) is 13.0. The molecule has 0 saturated heterocycles. The number of nitrogens with one attached hydrogen (secondary N) is 1. The van der Waals surface area contributed by atoms with Gasteiger partial charge in [-0.2, -0.15) is 0 Å².